The highest BCUT2D eigenvalue weighted by atomic mass is 16.3. The summed E-state index contributed by atoms with van der Waals surface area (Å²) in [6.07, 6.45) is 7.50. The van der Waals surface area contributed by atoms with E-state index >= 15 is 0 Å². The van der Waals surface area contributed by atoms with Gasteiger partial charge in [0.2, 0.25) is 0 Å². The zero-order valence-corrected chi connectivity index (χ0v) is 10.4. The maximum atomic E-state index is 12.4. The van der Waals surface area contributed by atoms with E-state index in [-0.39, 0.29) is 17.4 Å². The van der Waals surface area contributed by atoms with Crippen molar-refractivity contribution in [3.63, 3.8) is 0 Å². The molecule has 1 N–H and O–H groups in total. The highest BCUT2D eigenvalue weighted by Gasteiger charge is 2.39. The molecule has 18 heavy (non-hydrogen) atoms. The van der Waals surface area contributed by atoms with Crippen molar-refractivity contribution in [1.29, 1.82) is 0 Å². The predicted molar refractivity (Wildman–Crippen MR) is 67.3 cm³/mol. The molecule has 1 saturated carbocycles. The first kappa shape index (κ1) is 11.5. The summed E-state index contributed by atoms with van der Waals surface area (Å²) in [5.74, 6) is 0.540. The molecule has 1 aliphatic heterocycles. The average molecular weight is 246 g/mol. The smallest absolute Gasteiger partial charge is 0.276 e. The molecule has 1 amide bonds. The van der Waals surface area contributed by atoms with Gasteiger partial charge in [-0.2, -0.15) is 0 Å². The second-order valence-electron chi connectivity index (χ2n) is 5.27. The number of aromatic hydroxyl groups is 1. The Kier molecular flexibility index (Phi) is 2.94. The van der Waals surface area contributed by atoms with E-state index in [4.69, 9.17) is 0 Å². The number of amides is 1. The van der Waals surface area contributed by atoms with Crippen LogP contribution in [0.5, 0.6) is 5.75 Å². The molecular formula is C14H18N2O2. The Bertz CT molecular complexity index is 461. The molecule has 0 aromatic carbocycles. The van der Waals surface area contributed by atoms with Gasteiger partial charge in [0.05, 0.1) is 0 Å². The first-order chi connectivity index (χ1) is 8.77. The zero-order valence-electron chi connectivity index (χ0n) is 10.4. The van der Waals surface area contributed by atoms with Gasteiger partial charge in [-0.1, -0.05) is 12.8 Å². The maximum Gasteiger partial charge on any atom is 0.276 e. The number of carbonyl (C=O) groups is 1. The first-order valence-electron chi connectivity index (χ1n) is 6.72. The van der Waals surface area contributed by atoms with Gasteiger partial charge in [0, 0.05) is 18.8 Å². The molecule has 2 heterocycles. The van der Waals surface area contributed by atoms with Gasteiger partial charge in [-0.3, -0.25) is 4.79 Å². The van der Waals surface area contributed by atoms with E-state index in [1.165, 1.54) is 25.3 Å². The normalized spacial score (nSPS) is 27.0. The molecule has 3 rings (SSSR count). The lowest BCUT2D eigenvalue weighted by Crippen LogP contribution is -2.39. The standard InChI is InChI=1S/C14H18N2O2/c17-12-6-3-8-15-13(12)14(18)16-9-7-10-4-1-2-5-11(10)16/h3,6,8,10-11,17H,1-2,4-5,7,9H2. The Morgan fingerprint density at radius 1 is 1.33 bits per heavy atom. The number of carbonyl (C=O) groups excluding carboxylic acids is 1. The lowest BCUT2D eigenvalue weighted by atomic mass is 9.85. The van der Waals surface area contributed by atoms with Gasteiger partial charge < -0.3 is 10.0 Å². The summed E-state index contributed by atoms with van der Waals surface area (Å²) >= 11 is 0. The third-order valence-corrected chi connectivity index (χ3v) is 4.26. The van der Waals surface area contributed by atoms with Crippen molar-refractivity contribution < 1.29 is 9.90 Å². The largest absolute Gasteiger partial charge is 0.505 e. The van der Waals surface area contributed by atoms with Crippen molar-refractivity contribution >= 4 is 5.91 Å². The van der Waals surface area contributed by atoms with E-state index < -0.39 is 0 Å². The van der Waals surface area contributed by atoms with Crippen LogP contribution in [-0.2, 0) is 0 Å². The Morgan fingerprint density at radius 2 is 2.17 bits per heavy atom. The van der Waals surface area contributed by atoms with Crippen LogP contribution in [0.3, 0.4) is 0 Å². The first-order valence-corrected chi connectivity index (χ1v) is 6.72. The molecule has 96 valence electrons. The third kappa shape index (κ3) is 1.85. The number of hydrogen-bond acceptors (Lipinski definition) is 3. The Labute approximate surface area is 107 Å². The van der Waals surface area contributed by atoms with Crippen LogP contribution >= 0.6 is 0 Å². The Hall–Kier alpha value is -1.58. The average Bonchev–Trinajstić information content (AvgIpc) is 2.82. The quantitative estimate of drug-likeness (QED) is 0.826. The summed E-state index contributed by atoms with van der Waals surface area (Å²) in [5, 5.41) is 9.73. The summed E-state index contributed by atoms with van der Waals surface area (Å²) in [6.45, 7) is 0.810. The van der Waals surface area contributed by atoms with Gasteiger partial charge in [0.25, 0.3) is 5.91 Å². The fraction of sp³-hybridized carbons (Fsp3) is 0.571. The van der Waals surface area contributed by atoms with Crippen LogP contribution in [0.25, 0.3) is 0 Å². The van der Waals surface area contributed by atoms with E-state index in [9.17, 15) is 9.90 Å². The molecule has 0 bridgehead atoms. The minimum atomic E-state index is -0.109. The molecule has 4 nitrogen and oxygen atoms in total. The van der Waals surface area contributed by atoms with Crippen LogP contribution in [0.4, 0.5) is 0 Å². The monoisotopic (exact) mass is 246 g/mol. The zero-order chi connectivity index (χ0) is 12.5. The molecule has 2 atom stereocenters. The Morgan fingerprint density at radius 3 is 3.00 bits per heavy atom. The fourth-order valence-electron chi connectivity index (χ4n) is 3.36. The molecule has 2 fully saturated rings. The minimum Gasteiger partial charge on any atom is -0.505 e. The van der Waals surface area contributed by atoms with Crippen LogP contribution in [0.1, 0.15) is 42.6 Å². The summed E-state index contributed by atoms with van der Waals surface area (Å²) in [6, 6.07) is 3.53. The number of nitrogens with zero attached hydrogens (tertiary/aromatic N) is 2. The van der Waals surface area contributed by atoms with Crippen molar-refractivity contribution in [2.45, 2.75) is 38.1 Å². The lowest BCUT2D eigenvalue weighted by Gasteiger charge is -2.31. The highest BCUT2D eigenvalue weighted by molar-refractivity contribution is 5.95. The number of aromatic nitrogens is 1. The van der Waals surface area contributed by atoms with Gasteiger partial charge >= 0.3 is 0 Å². The van der Waals surface area contributed by atoms with Crippen molar-refractivity contribution in [3.05, 3.63) is 24.0 Å². The topological polar surface area (TPSA) is 53.4 Å². The second-order valence-corrected chi connectivity index (χ2v) is 5.27. The minimum absolute atomic E-state index is 0.0123. The van der Waals surface area contributed by atoms with E-state index in [1.54, 1.807) is 12.3 Å². The maximum absolute atomic E-state index is 12.4. The van der Waals surface area contributed by atoms with Crippen LogP contribution in [-0.4, -0.2) is 33.5 Å². The molecule has 1 aromatic rings. The molecule has 2 aliphatic rings. The van der Waals surface area contributed by atoms with Crippen molar-refractivity contribution in [3.8, 4) is 5.75 Å². The van der Waals surface area contributed by atoms with Crippen molar-refractivity contribution in [2.75, 3.05) is 6.54 Å². The predicted octanol–water partition coefficient (Wildman–Crippen LogP) is 2.19. The molecule has 1 aromatic heterocycles. The molecule has 0 radical (unpaired) electrons. The molecule has 0 spiro atoms. The van der Waals surface area contributed by atoms with E-state index in [0.29, 0.717) is 12.0 Å². The number of fused-ring (bicyclic) bond motifs is 1. The number of pyridine rings is 1. The van der Waals surface area contributed by atoms with E-state index in [1.807, 2.05) is 4.90 Å². The fourth-order valence-corrected chi connectivity index (χ4v) is 3.36. The second kappa shape index (κ2) is 4.59. The van der Waals surface area contributed by atoms with Crippen LogP contribution in [0.15, 0.2) is 18.3 Å². The van der Waals surface area contributed by atoms with Crippen LogP contribution in [0.2, 0.25) is 0 Å². The van der Waals surface area contributed by atoms with E-state index in [0.717, 1.165) is 19.4 Å². The van der Waals surface area contributed by atoms with Gasteiger partial charge in [-0.15, -0.1) is 0 Å². The number of likely N-dealkylation sites (tertiary alicyclic amines) is 1. The van der Waals surface area contributed by atoms with Gasteiger partial charge in [-0.05, 0) is 37.3 Å². The van der Waals surface area contributed by atoms with Gasteiger partial charge in [0.1, 0.15) is 5.75 Å². The van der Waals surface area contributed by atoms with E-state index in [2.05, 4.69) is 4.98 Å². The summed E-state index contributed by atoms with van der Waals surface area (Å²) in [4.78, 5) is 18.4. The molecule has 4 heteroatoms. The van der Waals surface area contributed by atoms with Gasteiger partial charge in [-0.25, -0.2) is 4.98 Å². The lowest BCUT2D eigenvalue weighted by molar-refractivity contribution is 0.0681. The molecule has 1 aliphatic carbocycles. The Balaban J connectivity index is 1.83. The van der Waals surface area contributed by atoms with Gasteiger partial charge in [0.15, 0.2) is 5.69 Å². The van der Waals surface area contributed by atoms with Crippen LogP contribution < -0.4 is 0 Å². The number of hydrogen-bond donors (Lipinski definition) is 1. The number of rotatable bonds is 1. The highest BCUT2D eigenvalue weighted by Crippen LogP contribution is 2.37. The van der Waals surface area contributed by atoms with Crippen molar-refractivity contribution in [2.24, 2.45) is 5.92 Å². The van der Waals surface area contributed by atoms with Crippen molar-refractivity contribution in [1.82, 2.24) is 9.88 Å². The van der Waals surface area contributed by atoms with Crippen LogP contribution in [0, 0.1) is 5.92 Å². The summed E-state index contributed by atoms with van der Waals surface area (Å²) < 4.78 is 0. The molecule has 1 saturated heterocycles. The molecular weight excluding hydrogens is 228 g/mol. The summed E-state index contributed by atoms with van der Waals surface area (Å²) in [7, 11) is 0. The SMILES string of the molecule is O=C(c1ncccc1O)N1CCC2CCCCC21. The third-order valence-electron chi connectivity index (χ3n) is 4.26. The molecule has 2 unspecified atom stereocenters. The summed E-state index contributed by atoms with van der Waals surface area (Å²) in [5.41, 5.74) is 0.198.